The van der Waals surface area contributed by atoms with Gasteiger partial charge in [0.1, 0.15) is 6.04 Å². The van der Waals surface area contributed by atoms with Crippen molar-refractivity contribution in [2.45, 2.75) is 32.4 Å². The summed E-state index contributed by atoms with van der Waals surface area (Å²) in [7, 11) is 0. The van der Waals surface area contributed by atoms with Crippen LogP contribution in [0.2, 0.25) is 0 Å². The van der Waals surface area contributed by atoms with Gasteiger partial charge in [0.2, 0.25) is 0 Å². The molecule has 90 valence electrons. The van der Waals surface area contributed by atoms with Gasteiger partial charge in [0.15, 0.2) is 5.96 Å². The van der Waals surface area contributed by atoms with Crippen LogP contribution in [0.25, 0.3) is 0 Å². The monoisotopic (exact) mass is 231 g/mol. The molecule has 4 nitrogen and oxygen atoms in total. The van der Waals surface area contributed by atoms with Crippen molar-refractivity contribution in [1.29, 1.82) is 0 Å². The molecule has 1 atom stereocenters. The highest BCUT2D eigenvalue weighted by molar-refractivity contribution is 6.05. The van der Waals surface area contributed by atoms with Crippen molar-refractivity contribution in [2.24, 2.45) is 4.99 Å². The quantitative estimate of drug-likeness (QED) is 0.818. The smallest absolute Gasteiger partial charge is 0.251 e. The van der Waals surface area contributed by atoms with Gasteiger partial charge in [-0.15, -0.1) is 0 Å². The van der Waals surface area contributed by atoms with Gasteiger partial charge < -0.3 is 5.32 Å². The van der Waals surface area contributed by atoms with Crippen LogP contribution >= 0.6 is 0 Å². The van der Waals surface area contributed by atoms with Gasteiger partial charge >= 0.3 is 0 Å². The number of benzene rings is 1. The fourth-order valence-corrected chi connectivity index (χ4v) is 1.77. The molecule has 4 heteroatoms. The molecule has 2 rings (SSSR count). The van der Waals surface area contributed by atoms with E-state index in [9.17, 15) is 4.79 Å². The van der Waals surface area contributed by atoms with E-state index in [1.807, 2.05) is 44.2 Å². The molecule has 2 N–H and O–H groups in total. The summed E-state index contributed by atoms with van der Waals surface area (Å²) in [4.78, 5) is 16.1. The Labute approximate surface area is 101 Å². The Hall–Kier alpha value is -1.84. The number of carbonyl (C=O) groups excluding carboxylic acids is 1. The zero-order chi connectivity index (χ0) is 12.3. The number of hydrogen-bond donors (Lipinski definition) is 2. The molecular weight excluding hydrogens is 214 g/mol. The van der Waals surface area contributed by atoms with Crippen LogP contribution in [-0.4, -0.2) is 24.0 Å². The van der Waals surface area contributed by atoms with Gasteiger partial charge in [0, 0.05) is 12.5 Å². The van der Waals surface area contributed by atoms with Crippen LogP contribution in [0.5, 0.6) is 0 Å². The van der Waals surface area contributed by atoms with Crippen molar-refractivity contribution < 1.29 is 4.79 Å². The van der Waals surface area contributed by atoms with Gasteiger partial charge in [-0.25, -0.2) is 4.99 Å². The molecule has 1 aliphatic heterocycles. The average molecular weight is 231 g/mol. The van der Waals surface area contributed by atoms with Crippen LogP contribution in [0.3, 0.4) is 0 Å². The summed E-state index contributed by atoms with van der Waals surface area (Å²) in [5, 5.41) is 5.86. The molecule has 0 saturated heterocycles. The molecule has 0 aliphatic carbocycles. The third-order valence-corrected chi connectivity index (χ3v) is 2.53. The average Bonchev–Trinajstić information content (AvgIpc) is 2.59. The summed E-state index contributed by atoms with van der Waals surface area (Å²) in [6.07, 6.45) is 0.649. The van der Waals surface area contributed by atoms with Crippen LogP contribution in [0.15, 0.2) is 35.3 Å². The van der Waals surface area contributed by atoms with Crippen LogP contribution in [-0.2, 0) is 11.2 Å². The van der Waals surface area contributed by atoms with Gasteiger partial charge in [-0.3, -0.25) is 10.1 Å². The highest BCUT2D eigenvalue weighted by atomic mass is 16.2. The summed E-state index contributed by atoms with van der Waals surface area (Å²) in [6, 6.07) is 9.89. The zero-order valence-corrected chi connectivity index (χ0v) is 10.1. The van der Waals surface area contributed by atoms with E-state index in [1.165, 1.54) is 0 Å². The van der Waals surface area contributed by atoms with Crippen molar-refractivity contribution >= 4 is 11.9 Å². The van der Waals surface area contributed by atoms with E-state index in [4.69, 9.17) is 0 Å². The minimum absolute atomic E-state index is 0.0306. The molecule has 1 aromatic carbocycles. The fourth-order valence-electron chi connectivity index (χ4n) is 1.77. The first-order chi connectivity index (χ1) is 8.15. The number of aliphatic imine (C=N–C) groups is 1. The number of rotatable bonds is 3. The number of amides is 1. The molecule has 17 heavy (non-hydrogen) atoms. The summed E-state index contributed by atoms with van der Waals surface area (Å²) in [5.41, 5.74) is 1.13. The van der Waals surface area contributed by atoms with Gasteiger partial charge in [-0.05, 0) is 19.4 Å². The third kappa shape index (κ3) is 3.06. The third-order valence-electron chi connectivity index (χ3n) is 2.53. The lowest BCUT2D eigenvalue weighted by molar-refractivity contribution is -0.120. The van der Waals surface area contributed by atoms with E-state index in [1.54, 1.807) is 0 Å². The van der Waals surface area contributed by atoms with Crippen molar-refractivity contribution in [3.05, 3.63) is 35.9 Å². The number of carbonyl (C=O) groups is 1. The van der Waals surface area contributed by atoms with Crippen molar-refractivity contribution in [3.8, 4) is 0 Å². The van der Waals surface area contributed by atoms with Crippen LogP contribution in [0.1, 0.15) is 19.4 Å². The van der Waals surface area contributed by atoms with Gasteiger partial charge in [0.25, 0.3) is 5.91 Å². The molecule has 1 aliphatic rings. The van der Waals surface area contributed by atoms with Crippen molar-refractivity contribution in [3.63, 3.8) is 0 Å². The second kappa shape index (κ2) is 4.99. The fraction of sp³-hybridized carbons (Fsp3) is 0.385. The first-order valence-corrected chi connectivity index (χ1v) is 5.84. The van der Waals surface area contributed by atoms with Gasteiger partial charge in [-0.1, -0.05) is 30.3 Å². The number of nitrogens with one attached hydrogen (secondary N) is 2. The molecule has 1 unspecified atom stereocenters. The highest BCUT2D eigenvalue weighted by Crippen LogP contribution is 2.09. The maximum absolute atomic E-state index is 11.7. The van der Waals surface area contributed by atoms with E-state index in [0.717, 1.165) is 5.56 Å². The maximum Gasteiger partial charge on any atom is 0.251 e. The lowest BCUT2D eigenvalue weighted by Crippen LogP contribution is -2.40. The maximum atomic E-state index is 11.7. The van der Waals surface area contributed by atoms with Crippen molar-refractivity contribution in [1.82, 2.24) is 10.6 Å². The normalized spacial score (nSPS) is 19.1. The Morgan fingerprint density at radius 2 is 2.06 bits per heavy atom. The Kier molecular flexibility index (Phi) is 3.42. The predicted molar refractivity (Wildman–Crippen MR) is 67.8 cm³/mol. The molecule has 1 amide bonds. The SMILES string of the molecule is CC(C)NC1=NC(Cc2ccccc2)C(=O)N1. The molecule has 0 aromatic heterocycles. The largest absolute Gasteiger partial charge is 0.354 e. The minimum atomic E-state index is -0.307. The minimum Gasteiger partial charge on any atom is -0.354 e. The Morgan fingerprint density at radius 1 is 1.35 bits per heavy atom. The van der Waals surface area contributed by atoms with Crippen LogP contribution in [0.4, 0.5) is 0 Å². The number of nitrogens with zero attached hydrogens (tertiary/aromatic N) is 1. The Balaban J connectivity index is 2.02. The molecule has 0 saturated carbocycles. The molecule has 1 aromatic rings. The summed E-state index contributed by atoms with van der Waals surface area (Å²) < 4.78 is 0. The van der Waals surface area contributed by atoms with Gasteiger partial charge in [0.05, 0.1) is 0 Å². The molecule has 0 bridgehead atoms. The Morgan fingerprint density at radius 3 is 2.71 bits per heavy atom. The van der Waals surface area contributed by atoms with E-state index in [-0.39, 0.29) is 18.0 Å². The lowest BCUT2D eigenvalue weighted by Gasteiger charge is -2.07. The molecule has 0 spiro atoms. The summed E-state index contributed by atoms with van der Waals surface area (Å²) >= 11 is 0. The van der Waals surface area contributed by atoms with E-state index in [2.05, 4.69) is 15.6 Å². The summed E-state index contributed by atoms with van der Waals surface area (Å²) in [5.74, 6) is 0.558. The second-order valence-electron chi connectivity index (χ2n) is 4.47. The predicted octanol–water partition coefficient (Wildman–Crippen LogP) is 1.08. The topological polar surface area (TPSA) is 53.5 Å². The first-order valence-electron chi connectivity index (χ1n) is 5.84. The number of hydrogen-bond acceptors (Lipinski definition) is 3. The van der Waals surface area contributed by atoms with Crippen LogP contribution in [0, 0.1) is 0 Å². The summed E-state index contributed by atoms with van der Waals surface area (Å²) in [6.45, 7) is 4.03. The molecular formula is C13H17N3O. The first kappa shape index (κ1) is 11.6. The Bertz CT molecular complexity index is 426. The number of guanidine groups is 1. The van der Waals surface area contributed by atoms with E-state index in [0.29, 0.717) is 12.4 Å². The second-order valence-corrected chi connectivity index (χ2v) is 4.47. The van der Waals surface area contributed by atoms with Crippen LogP contribution < -0.4 is 10.6 Å². The van der Waals surface area contributed by atoms with E-state index >= 15 is 0 Å². The highest BCUT2D eigenvalue weighted by Gasteiger charge is 2.26. The lowest BCUT2D eigenvalue weighted by atomic mass is 10.1. The van der Waals surface area contributed by atoms with E-state index < -0.39 is 0 Å². The van der Waals surface area contributed by atoms with Crippen molar-refractivity contribution in [2.75, 3.05) is 0 Å². The molecule has 0 fully saturated rings. The molecule has 0 radical (unpaired) electrons. The standard InChI is InChI=1S/C13H17N3O/c1-9(2)14-13-15-11(12(17)16-13)8-10-6-4-3-5-7-10/h3-7,9,11H,8H2,1-2H3,(H2,14,15,16,17). The van der Waals surface area contributed by atoms with Gasteiger partial charge in [-0.2, -0.15) is 0 Å². The molecule has 1 heterocycles. The zero-order valence-electron chi connectivity index (χ0n) is 10.1.